The predicted molar refractivity (Wildman–Crippen MR) is 182 cm³/mol. The first-order valence-electron chi connectivity index (χ1n) is 14.0. The van der Waals surface area contributed by atoms with E-state index in [0.717, 1.165) is 18.7 Å². The summed E-state index contributed by atoms with van der Waals surface area (Å²) in [6.45, 7) is 18.9. The second kappa shape index (κ2) is 14.7. The van der Waals surface area contributed by atoms with Crippen LogP contribution in [0.25, 0.3) is 0 Å². The van der Waals surface area contributed by atoms with Crippen molar-refractivity contribution in [3.05, 3.63) is 91.5 Å². The Morgan fingerprint density at radius 3 is 2.00 bits per heavy atom. The Kier molecular flexibility index (Phi) is 12.0. The fourth-order valence-electron chi connectivity index (χ4n) is 5.41. The molecule has 0 N–H and O–H groups in total. The number of nitrogens with zero attached hydrogens (tertiary/aromatic N) is 3. The van der Waals surface area contributed by atoms with Crippen molar-refractivity contribution in [2.45, 2.75) is 66.4 Å². The molecule has 236 valence electrons. The smallest absolute Gasteiger partial charge is 0.206 e. The summed E-state index contributed by atoms with van der Waals surface area (Å²) < 4.78 is 9.49. The van der Waals surface area contributed by atoms with Crippen LogP contribution in [0.15, 0.2) is 47.4 Å². The Balaban J connectivity index is 0.000000238. The van der Waals surface area contributed by atoms with Gasteiger partial charge in [-0.15, -0.1) is 0 Å². The molecule has 1 aliphatic heterocycles. The molecule has 0 saturated heterocycles. The molecule has 0 aromatic heterocycles. The Bertz CT molecular complexity index is 1540. The van der Waals surface area contributed by atoms with Gasteiger partial charge in [-0.3, -0.25) is 0 Å². The Morgan fingerprint density at radius 2 is 1.51 bits per heavy atom. The SMILES string of the molecule is CC(C)Oc1ccc(S(C)(C)[N+](=O)[O-])cc1[CH]=[Ru]([Cl])[Cl].Cc1cc(C)c(N2[C-]=[N+](c3c(C)cc(C)cc3C)CC2)c(C)c1. The van der Waals surface area contributed by atoms with Crippen LogP contribution in [0.2, 0.25) is 0 Å². The van der Waals surface area contributed by atoms with Crippen molar-refractivity contribution < 1.29 is 27.2 Å². The molecule has 1 heterocycles. The first-order valence-corrected chi connectivity index (χ1v) is 21.9. The van der Waals surface area contributed by atoms with Gasteiger partial charge in [0.25, 0.3) is 0 Å². The third-order valence-corrected chi connectivity index (χ3v) is 11.1. The van der Waals surface area contributed by atoms with Crippen LogP contribution in [0.4, 0.5) is 11.4 Å². The quantitative estimate of drug-likeness (QED) is 0.0802. The predicted octanol–water partition coefficient (Wildman–Crippen LogP) is 8.77. The van der Waals surface area contributed by atoms with Gasteiger partial charge in [0.1, 0.15) is 13.1 Å². The molecule has 0 spiro atoms. The van der Waals surface area contributed by atoms with E-state index in [1.165, 1.54) is 44.8 Å². The van der Waals surface area contributed by atoms with E-state index in [9.17, 15) is 10.1 Å². The maximum absolute atomic E-state index is 11.2. The fraction of sp³-hybridized carbons (Fsp3) is 0.394. The number of anilines is 1. The molecule has 0 amide bonds. The van der Waals surface area contributed by atoms with Crippen molar-refractivity contribution in [1.82, 2.24) is 0 Å². The third kappa shape index (κ3) is 8.91. The molecule has 4 rings (SSSR count). The largest absolute Gasteiger partial charge is 0.333 e. The molecule has 0 atom stereocenters. The van der Waals surface area contributed by atoms with E-state index in [2.05, 4.69) is 81.6 Å². The average Bonchev–Trinajstić information content (AvgIpc) is 3.32. The number of nitro groups is 1. The zero-order valence-corrected chi connectivity index (χ0v) is 30.8. The maximum atomic E-state index is 11.2. The second-order valence-corrected chi connectivity index (χ2v) is 20.6. The van der Waals surface area contributed by atoms with Crippen molar-refractivity contribution in [3.8, 4) is 5.75 Å². The maximum Gasteiger partial charge on any atom is 0.206 e. The molecule has 0 radical (unpaired) electrons. The zero-order chi connectivity index (χ0) is 32.2. The normalized spacial score (nSPS) is 13.7. The fourth-order valence-corrected chi connectivity index (χ4v) is 8.19. The summed E-state index contributed by atoms with van der Waals surface area (Å²) in [5, 5.41) is 11.2. The number of aryl methyl sites for hydroxylation is 6. The van der Waals surface area contributed by atoms with Crippen LogP contribution < -0.4 is 9.64 Å². The summed E-state index contributed by atoms with van der Waals surface area (Å²) in [4.78, 5) is 14.1. The molecule has 0 fully saturated rings. The number of halogens is 2. The monoisotopic (exact) mass is 733 g/mol. The second-order valence-electron chi connectivity index (χ2n) is 11.6. The summed E-state index contributed by atoms with van der Waals surface area (Å²) >= 11 is -2.03. The van der Waals surface area contributed by atoms with Gasteiger partial charge in [-0.25, -0.2) is 0 Å². The van der Waals surface area contributed by atoms with E-state index in [-0.39, 0.29) is 10.4 Å². The molecular weight excluding hydrogens is 690 g/mol. The molecule has 10 heteroatoms. The van der Waals surface area contributed by atoms with Gasteiger partial charge in [0.2, 0.25) is 6.34 Å². The van der Waals surface area contributed by atoms with E-state index in [0.29, 0.717) is 10.6 Å². The topological polar surface area (TPSA) is 58.6 Å². The molecule has 3 aromatic carbocycles. The third-order valence-electron chi connectivity index (χ3n) is 7.08. The van der Waals surface area contributed by atoms with Crippen LogP contribution in [-0.4, -0.2) is 51.6 Å². The van der Waals surface area contributed by atoms with Gasteiger partial charge in [0.05, 0.1) is 0 Å². The van der Waals surface area contributed by atoms with Crippen LogP contribution in [0.5, 0.6) is 5.75 Å². The Labute approximate surface area is 271 Å². The number of hydrogen-bond donors (Lipinski definition) is 0. The average molecular weight is 734 g/mol. The minimum atomic E-state index is -2.10. The summed E-state index contributed by atoms with van der Waals surface area (Å²) in [6.07, 6.45) is 6.89. The van der Waals surface area contributed by atoms with Crippen LogP contribution in [0.1, 0.15) is 52.8 Å². The van der Waals surface area contributed by atoms with Gasteiger partial charge in [-0.05, 0) is 41.5 Å². The van der Waals surface area contributed by atoms with Gasteiger partial charge < -0.3 is 9.48 Å². The number of benzene rings is 3. The molecular formula is C33H43Cl2N3O3RuS. The molecule has 0 bridgehead atoms. The summed E-state index contributed by atoms with van der Waals surface area (Å²) in [6, 6.07) is 14.3. The molecule has 0 saturated carbocycles. The first-order chi connectivity index (χ1) is 20.0. The molecule has 0 unspecified atom stereocenters. The number of hydrogen-bond acceptors (Lipinski definition) is 4. The summed E-state index contributed by atoms with van der Waals surface area (Å²) in [5.74, 6) is 0.655. The first kappa shape index (κ1) is 35.2. The standard InChI is InChI=1S/C21H26N2.C12H17NO3S.2ClH.Ru/c1-14-9-16(3)20(17(4)10-14)22-7-8-23(13-22)21-18(5)11-15(2)12-19(21)6;1-9(2)16-12-7-6-11(8-10(12)3)17(4,5)13(14)15;;;/h9-12H,7-8H2,1-6H3;3,6-9H,1-2,4-5H3;2*1H;/q;;;;+2/p-2. The molecule has 3 aromatic rings. The van der Waals surface area contributed by atoms with Crippen molar-refractivity contribution in [3.63, 3.8) is 0 Å². The van der Waals surface area contributed by atoms with E-state index < -0.39 is 23.7 Å². The Hall–Kier alpha value is -2.25. The van der Waals surface area contributed by atoms with E-state index in [1.807, 2.05) is 13.8 Å². The van der Waals surface area contributed by atoms with Gasteiger partial charge in [0, 0.05) is 11.4 Å². The zero-order valence-electron chi connectivity index (χ0n) is 26.7. The van der Waals surface area contributed by atoms with Crippen molar-refractivity contribution in [2.75, 3.05) is 30.5 Å². The van der Waals surface area contributed by atoms with E-state index >= 15 is 0 Å². The van der Waals surface area contributed by atoms with E-state index in [1.54, 1.807) is 35.3 Å². The van der Waals surface area contributed by atoms with Gasteiger partial charge in [-0.1, -0.05) is 57.6 Å². The van der Waals surface area contributed by atoms with E-state index in [4.69, 9.17) is 24.1 Å². The van der Waals surface area contributed by atoms with Crippen LogP contribution in [0.3, 0.4) is 0 Å². The van der Waals surface area contributed by atoms with Crippen molar-refractivity contribution in [2.24, 2.45) is 0 Å². The van der Waals surface area contributed by atoms with Crippen molar-refractivity contribution >= 4 is 51.9 Å². The van der Waals surface area contributed by atoms with Gasteiger partial charge in [-0.2, -0.15) is 0 Å². The number of rotatable bonds is 7. The minimum Gasteiger partial charge on any atom is -0.333 e. The van der Waals surface area contributed by atoms with Gasteiger partial charge >= 0.3 is 134 Å². The molecule has 1 aliphatic rings. The molecule has 43 heavy (non-hydrogen) atoms. The molecule has 6 nitrogen and oxygen atoms in total. The summed E-state index contributed by atoms with van der Waals surface area (Å²) in [7, 11) is 9.74. The summed E-state index contributed by atoms with van der Waals surface area (Å²) in [5.41, 5.74) is 11.3. The van der Waals surface area contributed by atoms with Gasteiger partial charge in [0.15, 0.2) is 0 Å². The molecule has 0 aliphatic carbocycles. The Morgan fingerprint density at radius 1 is 0.977 bits per heavy atom. The van der Waals surface area contributed by atoms with Crippen LogP contribution >= 0.6 is 29.6 Å². The van der Waals surface area contributed by atoms with Crippen LogP contribution in [-0.2, 0) is 13.5 Å². The van der Waals surface area contributed by atoms with Crippen molar-refractivity contribution in [1.29, 1.82) is 0 Å². The minimum absolute atomic E-state index is 0.00942. The van der Waals surface area contributed by atoms with Crippen LogP contribution in [0, 0.1) is 51.7 Å². The number of ether oxygens (including phenoxy) is 1.